The second kappa shape index (κ2) is 7.91. The average Bonchev–Trinajstić information content (AvgIpc) is 2.64. The van der Waals surface area contributed by atoms with Gasteiger partial charge in [0.05, 0.1) is 12.8 Å². The maximum absolute atomic E-state index is 12.7. The van der Waals surface area contributed by atoms with Crippen LogP contribution in [0.15, 0.2) is 36.1 Å². The van der Waals surface area contributed by atoms with Gasteiger partial charge in [0.1, 0.15) is 5.75 Å². The summed E-state index contributed by atoms with van der Waals surface area (Å²) in [6, 6.07) is 3.82. The lowest BCUT2D eigenvalue weighted by Crippen LogP contribution is -2.49. The van der Waals surface area contributed by atoms with Gasteiger partial charge in [-0.2, -0.15) is 0 Å². The number of carbonyl (C=O) groups is 1. The van der Waals surface area contributed by atoms with E-state index in [1.807, 2.05) is 30.9 Å². The van der Waals surface area contributed by atoms with E-state index >= 15 is 0 Å². The van der Waals surface area contributed by atoms with Crippen LogP contribution in [0.5, 0.6) is 5.75 Å². The van der Waals surface area contributed by atoms with Gasteiger partial charge in [0.25, 0.3) is 0 Å². The van der Waals surface area contributed by atoms with Crippen LogP contribution in [0.25, 0.3) is 0 Å². The standard InChI is InChI=1S/C20H25N3O2S/c1-14-11-18(19(25-3)12-15(14)2)21-20(24)23-9-7-22(8-10-23)16-5-4-6-17(26)13-16/h4-5,11-13H,6-10H2,1-3H3,(H,21,24). The van der Waals surface area contributed by atoms with Gasteiger partial charge >= 0.3 is 6.03 Å². The molecule has 6 heteroatoms. The van der Waals surface area contributed by atoms with E-state index in [1.165, 1.54) is 0 Å². The van der Waals surface area contributed by atoms with E-state index in [0.29, 0.717) is 24.5 Å². The number of benzene rings is 1. The van der Waals surface area contributed by atoms with Crippen LogP contribution in [0.1, 0.15) is 17.5 Å². The van der Waals surface area contributed by atoms with Crippen molar-refractivity contribution >= 4 is 28.8 Å². The van der Waals surface area contributed by atoms with Gasteiger partial charge in [-0.05, 0) is 49.3 Å². The third-order valence-corrected chi connectivity index (χ3v) is 5.19. The fraction of sp³-hybridized carbons (Fsp3) is 0.400. The molecule has 1 aliphatic carbocycles. The first-order chi connectivity index (χ1) is 12.5. The summed E-state index contributed by atoms with van der Waals surface area (Å²) in [5.41, 5.74) is 4.13. The zero-order valence-corrected chi connectivity index (χ0v) is 16.4. The Morgan fingerprint density at radius 3 is 2.50 bits per heavy atom. The van der Waals surface area contributed by atoms with Crippen LogP contribution in [0, 0.1) is 13.8 Å². The van der Waals surface area contributed by atoms with Crippen molar-refractivity contribution in [3.63, 3.8) is 0 Å². The van der Waals surface area contributed by atoms with Crippen LogP contribution < -0.4 is 10.1 Å². The van der Waals surface area contributed by atoms with Gasteiger partial charge in [0.2, 0.25) is 0 Å². The predicted octanol–water partition coefficient (Wildman–Crippen LogP) is 3.68. The highest BCUT2D eigenvalue weighted by molar-refractivity contribution is 7.80. The predicted molar refractivity (Wildman–Crippen MR) is 109 cm³/mol. The summed E-state index contributed by atoms with van der Waals surface area (Å²) in [6.45, 7) is 7.02. The summed E-state index contributed by atoms with van der Waals surface area (Å²) in [6.07, 6.45) is 7.12. The van der Waals surface area contributed by atoms with Crippen molar-refractivity contribution in [2.75, 3.05) is 38.6 Å². The smallest absolute Gasteiger partial charge is 0.322 e. The fourth-order valence-corrected chi connectivity index (χ4v) is 3.40. The molecule has 0 spiro atoms. The lowest BCUT2D eigenvalue weighted by Gasteiger charge is -2.37. The molecular formula is C20H25N3O2S. The number of urea groups is 1. The molecule has 5 nitrogen and oxygen atoms in total. The molecule has 1 N–H and O–H groups in total. The number of ether oxygens (including phenoxy) is 1. The number of hydrogen-bond donors (Lipinski definition) is 1. The molecular weight excluding hydrogens is 346 g/mol. The maximum atomic E-state index is 12.7. The van der Waals surface area contributed by atoms with E-state index in [2.05, 4.69) is 28.4 Å². The zero-order chi connectivity index (χ0) is 18.7. The molecule has 0 radical (unpaired) electrons. The van der Waals surface area contributed by atoms with Crippen molar-refractivity contribution in [2.45, 2.75) is 20.3 Å². The molecule has 1 aromatic carbocycles. The molecule has 0 saturated carbocycles. The van der Waals surface area contributed by atoms with E-state index in [9.17, 15) is 4.79 Å². The highest BCUT2D eigenvalue weighted by Gasteiger charge is 2.23. The molecule has 0 atom stereocenters. The van der Waals surface area contributed by atoms with Crippen molar-refractivity contribution in [1.29, 1.82) is 0 Å². The summed E-state index contributed by atoms with van der Waals surface area (Å²) < 4.78 is 5.41. The molecule has 1 aliphatic heterocycles. The van der Waals surface area contributed by atoms with Crippen LogP contribution in [0.3, 0.4) is 0 Å². The minimum atomic E-state index is -0.0881. The number of anilines is 1. The monoisotopic (exact) mass is 371 g/mol. The quantitative estimate of drug-likeness (QED) is 0.824. The van der Waals surface area contributed by atoms with Crippen molar-refractivity contribution in [1.82, 2.24) is 9.80 Å². The van der Waals surface area contributed by atoms with Crippen molar-refractivity contribution in [2.24, 2.45) is 0 Å². The first-order valence-corrected chi connectivity index (χ1v) is 9.26. The van der Waals surface area contributed by atoms with E-state index in [4.69, 9.17) is 17.0 Å². The van der Waals surface area contributed by atoms with Gasteiger partial charge in [-0.3, -0.25) is 0 Å². The molecule has 3 rings (SSSR count). The molecule has 26 heavy (non-hydrogen) atoms. The molecule has 0 bridgehead atoms. The summed E-state index contributed by atoms with van der Waals surface area (Å²) in [7, 11) is 1.62. The second-order valence-electron chi connectivity index (χ2n) is 6.68. The normalized spacial score (nSPS) is 17.2. The molecule has 1 saturated heterocycles. The fourth-order valence-electron chi connectivity index (χ4n) is 3.18. The topological polar surface area (TPSA) is 44.8 Å². The SMILES string of the molecule is COc1cc(C)c(C)cc1NC(=O)N1CCN(C2=CC(=S)CC=C2)CC1. The summed E-state index contributed by atoms with van der Waals surface area (Å²) >= 11 is 5.29. The van der Waals surface area contributed by atoms with E-state index < -0.39 is 0 Å². The lowest BCUT2D eigenvalue weighted by atomic mass is 10.1. The molecule has 2 aliphatic rings. The highest BCUT2D eigenvalue weighted by atomic mass is 32.1. The van der Waals surface area contributed by atoms with Gasteiger partial charge in [-0.1, -0.05) is 18.3 Å². The third-order valence-electron chi connectivity index (χ3n) is 4.91. The largest absolute Gasteiger partial charge is 0.495 e. The maximum Gasteiger partial charge on any atom is 0.322 e. The Balaban J connectivity index is 1.62. The summed E-state index contributed by atoms with van der Waals surface area (Å²) in [5, 5.41) is 2.99. The van der Waals surface area contributed by atoms with E-state index in [0.717, 1.165) is 41.2 Å². The number of amides is 2. The molecule has 0 unspecified atom stereocenters. The number of carbonyl (C=O) groups excluding carboxylic acids is 1. The number of rotatable bonds is 3. The molecule has 1 fully saturated rings. The Morgan fingerprint density at radius 1 is 1.15 bits per heavy atom. The van der Waals surface area contributed by atoms with Gasteiger partial charge in [0.15, 0.2) is 0 Å². The number of nitrogens with one attached hydrogen (secondary N) is 1. The van der Waals surface area contributed by atoms with Gasteiger partial charge in [-0.15, -0.1) is 0 Å². The minimum absolute atomic E-state index is 0.0881. The van der Waals surface area contributed by atoms with E-state index in [1.54, 1.807) is 7.11 Å². The van der Waals surface area contributed by atoms with E-state index in [-0.39, 0.29) is 6.03 Å². The van der Waals surface area contributed by atoms with Crippen LogP contribution >= 0.6 is 12.2 Å². The van der Waals surface area contributed by atoms with Crippen LogP contribution in [0.4, 0.5) is 10.5 Å². The Hall–Kier alpha value is -2.34. The summed E-state index contributed by atoms with van der Waals surface area (Å²) in [4.78, 5) is 17.7. The first-order valence-electron chi connectivity index (χ1n) is 8.85. The Labute approximate surface area is 160 Å². The zero-order valence-electron chi connectivity index (χ0n) is 15.5. The second-order valence-corrected chi connectivity index (χ2v) is 7.21. The number of nitrogens with zero attached hydrogens (tertiary/aromatic N) is 2. The number of methoxy groups -OCH3 is 1. The molecule has 2 amide bonds. The van der Waals surface area contributed by atoms with Gasteiger partial charge < -0.3 is 19.9 Å². The minimum Gasteiger partial charge on any atom is -0.495 e. The molecule has 1 heterocycles. The number of allylic oxidation sites excluding steroid dienone is 3. The number of hydrogen-bond acceptors (Lipinski definition) is 4. The van der Waals surface area contributed by atoms with Crippen molar-refractivity contribution in [3.05, 3.63) is 47.2 Å². The van der Waals surface area contributed by atoms with Crippen molar-refractivity contribution in [3.8, 4) is 5.75 Å². The van der Waals surface area contributed by atoms with Crippen LogP contribution in [-0.2, 0) is 0 Å². The summed E-state index contributed by atoms with van der Waals surface area (Å²) in [5.74, 6) is 0.686. The Kier molecular flexibility index (Phi) is 5.61. The lowest BCUT2D eigenvalue weighted by molar-refractivity contribution is 0.169. The average molecular weight is 372 g/mol. The number of thiocarbonyl (C=S) groups is 1. The highest BCUT2D eigenvalue weighted by Crippen LogP contribution is 2.28. The number of aryl methyl sites for hydroxylation is 2. The van der Waals surface area contributed by atoms with Crippen LogP contribution in [-0.4, -0.2) is 54.0 Å². The first kappa shape index (κ1) is 18.5. The Morgan fingerprint density at radius 2 is 1.85 bits per heavy atom. The number of piperazine rings is 1. The Bertz CT molecular complexity index is 778. The molecule has 0 aromatic heterocycles. The molecule has 138 valence electrons. The van der Waals surface area contributed by atoms with Gasteiger partial charge in [-0.25, -0.2) is 4.79 Å². The van der Waals surface area contributed by atoms with Crippen molar-refractivity contribution < 1.29 is 9.53 Å². The van der Waals surface area contributed by atoms with Gasteiger partial charge in [0, 0.05) is 43.2 Å². The van der Waals surface area contributed by atoms with Crippen LogP contribution in [0.2, 0.25) is 0 Å². The third kappa shape index (κ3) is 4.07. The molecule has 1 aromatic rings.